The van der Waals surface area contributed by atoms with Crippen molar-refractivity contribution in [3.8, 4) is 0 Å². The molecule has 0 radical (unpaired) electrons. The molecule has 0 aromatic carbocycles. The highest BCUT2D eigenvalue weighted by Gasteiger charge is 2.32. The molecule has 1 aliphatic rings. The van der Waals surface area contributed by atoms with E-state index in [1.807, 2.05) is 6.20 Å². The standard InChI is InChI=1S/C17H30N2O/c1-16(2,3)19-12-8-9-15-18-13-14(20-15)17(4)10-6-5-7-11-17/h13,19H,5-12H2,1-4H3. The molecule has 0 unspecified atom stereocenters. The summed E-state index contributed by atoms with van der Waals surface area (Å²) in [6.07, 6.45) is 10.5. The molecule has 0 amide bonds. The Morgan fingerprint density at radius 2 is 1.95 bits per heavy atom. The van der Waals surface area contributed by atoms with Crippen molar-refractivity contribution < 1.29 is 4.42 Å². The van der Waals surface area contributed by atoms with Gasteiger partial charge in [0, 0.05) is 17.4 Å². The Morgan fingerprint density at radius 1 is 1.25 bits per heavy atom. The molecule has 1 aromatic heterocycles. The minimum atomic E-state index is 0.192. The highest BCUT2D eigenvalue weighted by Crippen LogP contribution is 2.39. The van der Waals surface area contributed by atoms with Gasteiger partial charge in [0.15, 0.2) is 5.89 Å². The van der Waals surface area contributed by atoms with E-state index in [1.165, 1.54) is 32.1 Å². The van der Waals surface area contributed by atoms with Crippen LogP contribution in [0.1, 0.15) is 77.9 Å². The Balaban J connectivity index is 1.83. The van der Waals surface area contributed by atoms with E-state index in [0.717, 1.165) is 31.0 Å². The lowest BCUT2D eigenvalue weighted by Gasteiger charge is -2.30. The van der Waals surface area contributed by atoms with Crippen LogP contribution in [0.4, 0.5) is 0 Å². The van der Waals surface area contributed by atoms with Crippen molar-refractivity contribution in [3.05, 3.63) is 17.8 Å². The summed E-state index contributed by atoms with van der Waals surface area (Å²) >= 11 is 0. The van der Waals surface area contributed by atoms with E-state index in [-0.39, 0.29) is 11.0 Å². The van der Waals surface area contributed by atoms with Crippen molar-refractivity contribution >= 4 is 0 Å². The molecule has 3 nitrogen and oxygen atoms in total. The van der Waals surface area contributed by atoms with Gasteiger partial charge in [0.25, 0.3) is 0 Å². The van der Waals surface area contributed by atoms with Crippen LogP contribution in [0.5, 0.6) is 0 Å². The molecule has 1 heterocycles. The Hall–Kier alpha value is -0.830. The number of oxazole rings is 1. The Bertz CT molecular complexity index is 411. The number of aromatic nitrogens is 1. The molecule has 0 atom stereocenters. The van der Waals surface area contributed by atoms with E-state index in [1.54, 1.807) is 0 Å². The van der Waals surface area contributed by atoms with Gasteiger partial charge in [-0.3, -0.25) is 0 Å². The first-order valence-corrected chi connectivity index (χ1v) is 8.09. The van der Waals surface area contributed by atoms with Crippen LogP contribution in [0.25, 0.3) is 0 Å². The van der Waals surface area contributed by atoms with E-state index in [4.69, 9.17) is 4.42 Å². The van der Waals surface area contributed by atoms with E-state index < -0.39 is 0 Å². The molecule has 0 aliphatic heterocycles. The van der Waals surface area contributed by atoms with Gasteiger partial charge in [-0.25, -0.2) is 4.98 Å². The fourth-order valence-electron chi connectivity index (χ4n) is 2.99. The summed E-state index contributed by atoms with van der Waals surface area (Å²) in [7, 11) is 0. The second kappa shape index (κ2) is 6.30. The second-order valence-corrected chi connectivity index (χ2v) is 7.52. The highest BCUT2D eigenvalue weighted by molar-refractivity contribution is 5.11. The minimum absolute atomic E-state index is 0.192. The second-order valence-electron chi connectivity index (χ2n) is 7.52. The van der Waals surface area contributed by atoms with Crippen LogP contribution in [0.3, 0.4) is 0 Å². The van der Waals surface area contributed by atoms with Gasteiger partial charge in [0.1, 0.15) is 5.76 Å². The molecular weight excluding hydrogens is 248 g/mol. The number of nitrogens with one attached hydrogen (secondary N) is 1. The minimum Gasteiger partial charge on any atom is -0.445 e. The Morgan fingerprint density at radius 3 is 2.60 bits per heavy atom. The molecule has 0 spiro atoms. The maximum atomic E-state index is 6.02. The Kier molecular flexibility index (Phi) is 4.90. The van der Waals surface area contributed by atoms with Crippen molar-refractivity contribution in [2.45, 2.75) is 83.6 Å². The lowest BCUT2D eigenvalue weighted by Crippen LogP contribution is -2.36. The SMILES string of the molecule is CC(C)(C)NCCCc1ncc(C2(C)CCCCC2)o1. The van der Waals surface area contributed by atoms with Crippen LogP contribution in [0.15, 0.2) is 10.6 Å². The topological polar surface area (TPSA) is 38.1 Å². The molecule has 0 bridgehead atoms. The first-order valence-electron chi connectivity index (χ1n) is 8.09. The van der Waals surface area contributed by atoms with Gasteiger partial charge in [-0.1, -0.05) is 26.2 Å². The van der Waals surface area contributed by atoms with Crippen LogP contribution >= 0.6 is 0 Å². The van der Waals surface area contributed by atoms with Gasteiger partial charge in [-0.15, -0.1) is 0 Å². The fraction of sp³-hybridized carbons (Fsp3) is 0.824. The maximum absolute atomic E-state index is 6.02. The van der Waals surface area contributed by atoms with Crippen LogP contribution in [0, 0.1) is 0 Å². The third-order valence-corrected chi connectivity index (χ3v) is 4.33. The maximum Gasteiger partial charge on any atom is 0.194 e. The summed E-state index contributed by atoms with van der Waals surface area (Å²) in [4.78, 5) is 4.48. The lowest BCUT2D eigenvalue weighted by molar-refractivity contribution is 0.260. The predicted octanol–water partition coefficient (Wildman–Crippen LogP) is 4.22. The van der Waals surface area contributed by atoms with Crippen molar-refractivity contribution in [1.29, 1.82) is 0 Å². The molecule has 0 saturated heterocycles. The summed E-state index contributed by atoms with van der Waals surface area (Å²) in [5, 5.41) is 3.50. The zero-order valence-corrected chi connectivity index (χ0v) is 13.6. The average molecular weight is 278 g/mol. The van der Waals surface area contributed by atoms with E-state index >= 15 is 0 Å². The summed E-state index contributed by atoms with van der Waals surface area (Å²) in [6, 6.07) is 0. The first kappa shape index (κ1) is 15.6. The predicted molar refractivity (Wildman–Crippen MR) is 83.0 cm³/mol. The van der Waals surface area contributed by atoms with Crippen LogP contribution in [-0.4, -0.2) is 17.1 Å². The molecule has 1 saturated carbocycles. The third-order valence-electron chi connectivity index (χ3n) is 4.33. The normalized spacial score (nSPS) is 19.2. The van der Waals surface area contributed by atoms with E-state index in [2.05, 4.69) is 38.0 Å². The lowest BCUT2D eigenvalue weighted by atomic mass is 9.74. The number of rotatable bonds is 5. The monoisotopic (exact) mass is 278 g/mol. The van der Waals surface area contributed by atoms with Crippen LogP contribution in [-0.2, 0) is 11.8 Å². The quantitative estimate of drug-likeness (QED) is 0.820. The number of hydrogen-bond acceptors (Lipinski definition) is 3. The number of hydrogen-bond donors (Lipinski definition) is 1. The number of aryl methyl sites for hydroxylation is 1. The largest absolute Gasteiger partial charge is 0.445 e. The van der Waals surface area contributed by atoms with Gasteiger partial charge in [0.2, 0.25) is 0 Å². The van der Waals surface area contributed by atoms with E-state index in [9.17, 15) is 0 Å². The van der Waals surface area contributed by atoms with Gasteiger partial charge < -0.3 is 9.73 Å². The van der Waals surface area contributed by atoms with Gasteiger partial charge in [-0.2, -0.15) is 0 Å². The molecule has 2 rings (SSSR count). The van der Waals surface area contributed by atoms with Crippen molar-refractivity contribution in [3.63, 3.8) is 0 Å². The molecule has 1 fully saturated rings. The highest BCUT2D eigenvalue weighted by atomic mass is 16.4. The molecular formula is C17H30N2O. The number of nitrogens with zero attached hydrogens (tertiary/aromatic N) is 1. The van der Waals surface area contributed by atoms with Crippen LogP contribution in [0.2, 0.25) is 0 Å². The Labute approximate surface area is 123 Å². The molecule has 114 valence electrons. The molecule has 1 aliphatic carbocycles. The summed E-state index contributed by atoms with van der Waals surface area (Å²) in [6.45, 7) is 9.93. The molecule has 1 aromatic rings. The van der Waals surface area contributed by atoms with Gasteiger partial charge in [-0.05, 0) is 46.6 Å². The van der Waals surface area contributed by atoms with E-state index in [0.29, 0.717) is 0 Å². The molecule has 1 N–H and O–H groups in total. The van der Waals surface area contributed by atoms with Crippen molar-refractivity contribution in [1.82, 2.24) is 10.3 Å². The fourth-order valence-corrected chi connectivity index (χ4v) is 2.99. The molecule has 20 heavy (non-hydrogen) atoms. The average Bonchev–Trinajstić information content (AvgIpc) is 2.84. The summed E-state index contributed by atoms with van der Waals surface area (Å²) in [5.74, 6) is 2.01. The van der Waals surface area contributed by atoms with Crippen molar-refractivity contribution in [2.75, 3.05) is 6.54 Å². The zero-order chi connectivity index (χ0) is 14.6. The third kappa shape index (κ3) is 4.34. The van der Waals surface area contributed by atoms with Gasteiger partial charge >= 0.3 is 0 Å². The van der Waals surface area contributed by atoms with Crippen LogP contribution < -0.4 is 5.32 Å². The summed E-state index contributed by atoms with van der Waals surface area (Å²) < 4.78 is 6.02. The first-order chi connectivity index (χ1) is 9.39. The van der Waals surface area contributed by atoms with Gasteiger partial charge in [0.05, 0.1) is 6.20 Å². The summed E-state index contributed by atoms with van der Waals surface area (Å²) in [5.41, 5.74) is 0.421. The zero-order valence-electron chi connectivity index (χ0n) is 13.6. The smallest absolute Gasteiger partial charge is 0.194 e. The molecule has 3 heteroatoms. The van der Waals surface area contributed by atoms with Crippen molar-refractivity contribution in [2.24, 2.45) is 0 Å².